The Morgan fingerprint density at radius 1 is 0.760 bits per heavy atom. The molecule has 132 valence electrons. The summed E-state index contributed by atoms with van der Waals surface area (Å²) in [5.41, 5.74) is -2.76. The molecule has 0 saturated carbocycles. The predicted octanol–water partition coefficient (Wildman–Crippen LogP) is 1.72. The lowest BCUT2D eigenvalue weighted by atomic mass is 9.94. The first kappa shape index (κ1) is 17.9. The average Bonchev–Trinajstić information content (AvgIpc) is 2.50. The molecule has 0 aliphatic carbocycles. The van der Waals surface area contributed by atoms with Crippen molar-refractivity contribution in [2.75, 3.05) is 5.73 Å². The molecule has 2 rings (SSSR count). The summed E-state index contributed by atoms with van der Waals surface area (Å²) in [5.74, 6) is -17.8. The Morgan fingerprint density at radius 3 is 1.56 bits per heavy atom. The Kier molecular flexibility index (Phi) is 4.22. The van der Waals surface area contributed by atoms with Crippen LogP contribution < -0.4 is 11.3 Å². The summed E-state index contributed by atoms with van der Waals surface area (Å²) in [7, 11) is 0. The average molecular weight is 364 g/mol. The van der Waals surface area contributed by atoms with Gasteiger partial charge in [-0.15, -0.1) is 0 Å². The van der Waals surface area contributed by atoms with Gasteiger partial charge in [0, 0.05) is 5.56 Å². The number of hydrogen-bond acceptors (Lipinski definition) is 4. The molecule has 0 bridgehead atoms. The number of aromatic amines is 1. The van der Waals surface area contributed by atoms with Crippen LogP contribution in [0.3, 0.4) is 0 Å². The van der Waals surface area contributed by atoms with Gasteiger partial charge in [0.25, 0.3) is 5.56 Å². The maximum atomic E-state index is 14.0. The van der Waals surface area contributed by atoms with E-state index in [1.165, 1.54) is 0 Å². The topological polar surface area (TPSA) is 133 Å². The number of hydrogen-bond donors (Lipinski definition) is 4. The molecule has 0 aliphatic rings. The first-order chi connectivity index (χ1) is 11.5. The van der Waals surface area contributed by atoms with E-state index in [-0.39, 0.29) is 0 Å². The number of pyridine rings is 1. The van der Waals surface area contributed by atoms with E-state index in [9.17, 15) is 36.3 Å². The molecule has 5 N–H and O–H groups in total. The zero-order valence-electron chi connectivity index (χ0n) is 11.6. The fourth-order valence-electron chi connectivity index (χ4n) is 2.12. The third-order valence-corrected chi connectivity index (χ3v) is 3.13. The number of nitrogen functional groups attached to an aromatic ring is 1. The van der Waals surface area contributed by atoms with Crippen molar-refractivity contribution in [1.82, 2.24) is 4.98 Å². The van der Waals surface area contributed by atoms with Crippen molar-refractivity contribution >= 4 is 17.8 Å². The number of rotatable bonds is 3. The highest BCUT2D eigenvalue weighted by Gasteiger charge is 2.34. The molecule has 0 saturated heterocycles. The number of halogens is 5. The summed E-state index contributed by atoms with van der Waals surface area (Å²) in [6, 6.07) is 0. The van der Waals surface area contributed by atoms with Gasteiger partial charge in [-0.25, -0.2) is 31.5 Å². The number of carboxylic acid groups (broad SMARTS) is 2. The molecule has 0 unspecified atom stereocenters. The van der Waals surface area contributed by atoms with E-state index in [0.29, 0.717) is 0 Å². The number of aromatic nitrogens is 1. The summed E-state index contributed by atoms with van der Waals surface area (Å²) in [6.45, 7) is 0. The largest absolute Gasteiger partial charge is 0.478 e. The number of carbonyl (C=O) groups is 2. The number of H-pyrrole nitrogens is 1. The Labute approximate surface area is 133 Å². The van der Waals surface area contributed by atoms with Crippen molar-refractivity contribution in [2.45, 2.75) is 0 Å². The van der Waals surface area contributed by atoms with Gasteiger partial charge in [0.1, 0.15) is 16.9 Å². The molecule has 0 atom stereocenters. The number of anilines is 1. The quantitative estimate of drug-likeness (QED) is 0.372. The number of benzene rings is 1. The normalized spacial score (nSPS) is 10.8. The van der Waals surface area contributed by atoms with Gasteiger partial charge < -0.3 is 20.9 Å². The second kappa shape index (κ2) is 5.89. The van der Waals surface area contributed by atoms with Crippen molar-refractivity contribution in [3.05, 3.63) is 50.6 Å². The fourth-order valence-corrected chi connectivity index (χ4v) is 2.12. The van der Waals surface area contributed by atoms with Crippen LogP contribution in [0.15, 0.2) is 4.79 Å². The Balaban J connectivity index is 3.21. The molecular weight excluding hydrogens is 359 g/mol. The molecule has 12 heteroatoms. The number of nitrogens with one attached hydrogen (secondary N) is 1. The number of nitrogens with two attached hydrogens (primary N) is 1. The highest BCUT2D eigenvalue weighted by Crippen LogP contribution is 2.36. The number of aromatic carboxylic acids is 2. The van der Waals surface area contributed by atoms with E-state index in [4.69, 9.17) is 15.9 Å². The Bertz CT molecular complexity index is 973. The van der Waals surface area contributed by atoms with Crippen LogP contribution in [-0.4, -0.2) is 27.1 Å². The third kappa shape index (κ3) is 2.56. The van der Waals surface area contributed by atoms with E-state index in [0.717, 1.165) is 0 Å². The van der Waals surface area contributed by atoms with E-state index >= 15 is 0 Å². The van der Waals surface area contributed by atoms with E-state index in [2.05, 4.69) is 0 Å². The molecule has 2 aromatic rings. The minimum absolute atomic E-state index is 1.04. The first-order valence-electron chi connectivity index (χ1n) is 6.04. The van der Waals surface area contributed by atoms with Gasteiger partial charge in [0.05, 0.1) is 5.56 Å². The zero-order chi connectivity index (χ0) is 19.2. The SMILES string of the molecule is Nc1[nH]c(=O)c(C(=O)O)c(-c2c(F)c(F)c(F)c(F)c2F)c1C(=O)O. The summed E-state index contributed by atoms with van der Waals surface area (Å²) in [4.78, 5) is 35.8. The lowest BCUT2D eigenvalue weighted by Crippen LogP contribution is -2.25. The monoisotopic (exact) mass is 364 g/mol. The second-order valence-corrected chi connectivity index (χ2v) is 4.55. The van der Waals surface area contributed by atoms with Crippen LogP contribution >= 0.6 is 0 Å². The lowest BCUT2D eigenvalue weighted by molar-refractivity contribution is 0.0695. The molecule has 0 aliphatic heterocycles. The molecule has 7 nitrogen and oxygen atoms in total. The van der Waals surface area contributed by atoms with Crippen LogP contribution in [0.4, 0.5) is 27.8 Å². The smallest absolute Gasteiger partial charge is 0.342 e. The standard InChI is InChI=1S/C13H5F5N2O5/c14-5-2(6(15)8(17)9(18)7(5)16)1-3(12(22)23)10(19)20-11(21)4(1)13(24)25/h(H,22,23)(H,24,25)(H3,19,20,21). The van der Waals surface area contributed by atoms with E-state index in [1.54, 1.807) is 4.98 Å². The van der Waals surface area contributed by atoms with Crippen molar-refractivity contribution < 1.29 is 41.8 Å². The van der Waals surface area contributed by atoms with Crippen molar-refractivity contribution in [3.63, 3.8) is 0 Å². The lowest BCUT2D eigenvalue weighted by Gasteiger charge is -2.14. The summed E-state index contributed by atoms with van der Waals surface area (Å²) < 4.78 is 67.9. The molecule has 0 amide bonds. The van der Waals surface area contributed by atoms with Crippen LogP contribution in [0, 0.1) is 29.1 Å². The van der Waals surface area contributed by atoms with Crippen molar-refractivity contribution in [1.29, 1.82) is 0 Å². The van der Waals surface area contributed by atoms with Gasteiger partial charge in [0.15, 0.2) is 23.3 Å². The highest BCUT2D eigenvalue weighted by atomic mass is 19.2. The van der Waals surface area contributed by atoms with E-state index < -0.39 is 74.7 Å². The Morgan fingerprint density at radius 2 is 1.16 bits per heavy atom. The van der Waals surface area contributed by atoms with Gasteiger partial charge in [0.2, 0.25) is 5.82 Å². The molecule has 25 heavy (non-hydrogen) atoms. The maximum Gasteiger partial charge on any atom is 0.342 e. The summed E-state index contributed by atoms with van der Waals surface area (Å²) in [5, 5.41) is 18.1. The molecular formula is C13H5F5N2O5. The zero-order valence-corrected chi connectivity index (χ0v) is 11.6. The van der Waals surface area contributed by atoms with Crippen LogP contribution in [0.25, 0.3) is 11.1 Å². The molecule has 1 heterocycles. The number of carboxylic acids is 2. The fraction of sp³-hybridized carbons (Fsp3) is 0. The highest BCUT2D eigenvalue weighted by molar-refractivity contribution is 6.07. The van der Waals surface area contributed by atoms with E-state index in [1.807, 2.05) is 0 Å². The van der Waals surface area contributed by atoms with Gasteiger partial charge in [-0.1, -0.05) is 0 Å². The minimum Gasteiger partial charge on any atom is -0.478 e. The van der Waals surface area contributed by atoms with Gasteiger partial charge >= 0.3 is 11.9 Å². The molecule has 0 fully saturated rings. The van der Waals surface area contributed by atoms with Gasteiger partial charge in [-0.05, 0) is 0 Å². The molecule has 0 spiro atoms. The maximum absolute atomic E-state index is 14.0. The van der Waals surface area contributed by atoms with Crippen LogP contribution in [0.5, 0.6) is 0 Å². The van der Waals surface area contributed by atoms with Gasteiger partial charge in [-0.2, -0.15) is 0 Å². The molecule has 1 aromatic heterocycles. The second-order valence-electron chi connectivity index (χ2n) is 4.55. The van der Waals surface area contributed by atoms with Crippen molar-refractivity contribution in [3.8, 4) is 11.1 Å². The predicted molar refractivity (Wildman–Crippen MR) is 70.6 cm³/mol. The first-order valence-corrected chi connectivity index (χ1v) is 6.04. The van der Waals surface area contributed by atoms with Crippen LogP contribution in [0.1, 0.15) is 20.7 Å². The molecule has 1 aromatic carbocycles. The van der Waals surface area contributed by atoms with Crippen LogP contribution in [-0.2, 0) is 0 Å². The summed E-state index contributed by atoms with van der Waals surface area (Å²) >= 11 is 0. The summed E-state index contributed by atoms with van der Waals surface area (Å²) in [6.07, 6.45) is 0. The van der Waals surface area contributed by atoms with Crippen molar-refractivity contribution in [2.24, 2.45) is 0 Å². The molecule has 0 radical (unpaired) electrons. The van der Waals surface area contributed by atoms with Gasteiger partial charge in [-0.3, -0.25) is 4.79 Å². The Hall–Kier alpha value is -3.44. The minimum atomic E-state index is -2.55. The van der Waals surface area contributed by atoms with Crippen LogP contribution in [0.2, 0.25) is 0 Å². The third-order valence-electron chi connectivity index (χ3n) is 3.13.